The molecule has 0 fully saturated rings. The normalized spacial score (nSPS) is 12.5. The average molecular weight is 273 g/mol. The van der Waals surface area contributed by atoms with Crippen molar-refractivity contribution in [3.63, 3.8) is 0 Å². The van der Waals surface area contributed by atoms with E-state index in [1.165, 1.54) is 6.07 Å². The van der Waals surface area contributed by atoms with E-state index in [4.69, 9.17) is 16.7 Å². The summed E-state index contributed by atoms with van der Waals surface area (Å²) in [6.07, 6.45) is 1.98. The first-order valence-corrected chi connectivity index (χ1v) is 6.04. The third-order valence-electron chi connectivity index (χ3n) is 2.51. The number of carbonyl (C=O) groups is 2. The van der Waals surface area contributed by atoms with Crippen molar-refractivity contribution >= 4 is 23.5 Å². The second-order valence-corrected chi connectivity index (χ2v) is 5.08. The van der Waals surface area contributed by atoms with E-state index >= 15 is 0 Å². The standard InChI is InChI=1S/C12H17ClN2O3/c1-7(2)4-9(12(17)18)14-11(16)10-5-8(13)6-15(10)3/h5-7,9H,4H2,1-3H3,(H,14,16)(H,17,18)/t9-/m1/s1. The monoisotopic (exact) mass is 272 g/mol. The fraction of sp³-hybridized carbons (Fsp3) is 0.500. The Bertz CT molecular complexity index is 454. The molecule has 0 saturated heterocycles. The minimum atomic E-state index is -1.03. The number of amides is 1. The second-order valence-electron chi connectivity index (χ2n) is 4.65. The minimum absolute atomic E-state index is 0.184. The van der Waals surface area contributed by atoms with Crippen LogP contribution in [0.4, 0.5) is 0 Å². The Morgan fingerprint density at radius 2 is 2.11 bits per heavy atom. The number of aryl methyl sites for hydroxylation is 1. The highest BCUT2D eigenvalue weighted by Gasteiger charge is 2.22. The SMILES string of the molecule is CC(C)C[C@@H](NC(=O)c1cc(Cl)cn1C)C(=O)O. The fourth-order valence-corrected chi connectivity index (χ4v) is 1.92. The molecule has 1 atom stereocenters. The summed E-state index contributed by atoms with van der Waals surface area (Å²) in [7, 11) is 1.68. The first-order chi connectivity index (χ1) is 8.31. The molecule has 0 aliphatic carbocycles. The van der Waals surface area contributed by atoms with E-state index in [1.54, 1.807) is 17.8 Å². The van der Waals surface area contributed by atoms with Crippen molar-refractivity contribution in [2.45, 2.75) is 26.3 Å². The summed E-state index contributed by atoms with van der Waals surface area (Å²) in [5, 5.41) is 12.0. The molecule has 1 aromatic heterocycles. The van der Waals surface area contributed by atoms with Gasteiger partial charge in [-0.2, -0.15) is 0 Å². The van der Waals surface area contributed by atoms with E-state index in [2.05, 4.69) is 5.32 Å². The Labute approximate surface area is 111 Å². The van der Waals surface area contributed by atoms with E-state index < -0.39 is 17.9 Å². The predicted molar refractivity (Wildman–Crippen MR) is 68.8 cm³/mol. The molecule has 2 N–H and O–H groups in total. The third-order valence-corrected chi connectivity index (χ3v) is 2.72. The van der Waals surface area contributed by atoms with Crippen molar-refractivity contribution < 1.29 is 14.7 Å². The summed E-state index contributed by atoms with van der Waals surface area (Å²) < 4.78 is 1.56. The van der Waals surface area contributed by atoms with Crippen LogP contribution in [0.5, 0.6) is 0 Å². The summed E-state index contributed by atoms with van der Waals surface area (Å²) in [5.74, 6) is -1.28. The van der Waals surface area contributed by atoms with Crippen LogP contribution in [-0.2, 0) is 11.8 Å². The van der Waals surface area contributed by atoms with Gasteiger partial charge in [-0.05, 0) is 18.4 Å². The fourth-order valence-electron chi connectivity index (χ4n) is 1.68. The molecule has 18 heavy (non-hydrogen) atoms. The van der Waals surface area contributed by atoms with Gasteiger partial charge in [-0.1, -0.05) is 25.4 Å². The maximum atomic E-state index is 11.9. The molecule has 0 bridgehead atoms. The maximum Gasteiger partial charge on any atom is 0.326 e. The van der Waals surface area contributed by atoms with E-state index in [0.717, 1.165) is 0 Å². The Hall–Kier alpha value is -1.49. The molecule has 1 aromatic rings. The molecular formula is C12H17ClN2O3. The number of aromatic nitrogens is 1. The highest BCUT2D eigenvalue weighted by molar-refractivity contribution is 6.31. The first kappa shape index (κ1) is 14.6. The summed E-state index contributed by atoms with van der Waals surface area (Å²) in [6.45, 7) is 3.81. The van der Waals surface area contributed by atoms with Crippen molar-refractivity contribution in [2.75, 3.05) is 0 Å². The lowest BCUT2D eigenvalue weighted by atomic mass is 10.0. The zero-order chi connectivity index (χ0) is 13.9. The van der Waals surface area contributed by atoms with E-state index in [1.807, 2.05) is 13.8 Å². The van der Waals surface area contributed by atoms with Crippen LogP contribution in [0.1, 0.15) is 30.8 Å². The number of rotatable bonds is 5. The molecule has 0 saturated carbocycles. The second kappa shape index (κ2) is 5.91. The van der Waals surface area contributed by atoms with Crippen molar-refractivity contribution in [1.29, 1.82) is 0 Å². The van der Waals surface area contributed by atoms with Gasteiger partial charge in [-0.15, -0.1) is 0 Å². The number of carbonyl (C=O) groups excluding carboxylic acids is 1. The zero-order valence-corrected chi connectivity index (χ0v) is 11.4. The van der Waals surface area contributed by atoms with Crippen LogP contribution < -0.4 is 5.32 Å². The number of nitrogens with one attached hydrogen (secondary N) is 1. The summed E-state index contributed by atoms with van der Waals surface area (Å²) >= 11 is 5.78. The molecule has 1 rings (SSSR count). The molecule has 6 heteroatoms. The van der Waals surface area contributed by atoms with Gasteiger partial charge < -0.3 is 15.0 Å². The van der Waals surface area contributed by atoms with Crippen molar-refractivity contribution in [3.05, 3.63) is 23.0 Å². The largest absolute Gasteiger partial charge is 0.480 e. The van der Waals surface area contributed by atoms with Crippen LogP contribution in [0.3, 0.4) is 0 Å². The molecule has 0 aliphatic rings. The molecule has 0 radical (unpaired) electrons. The topological polar surface area (TPSA) is 71.3 Å². The molecule has 0 aliphatic heterocycles. The number of hydrogen-bond donors (Lipinski definition) is 2. The number of halogens is 1. The van der Waals surface area contributed by atoms with Gasteiger partial charge >= 0.3 is 5.97 Å². The number of carboxylic acids is 1. The smallest absolute Gasteiger partial charge is 0.326 e. The van der Waals surface area contributed by atoms with Gasteiger partial charge in [0.05, 0.1) is 5.02 Å². The number of aliphatic carboxylic acids is 1. The first-order valence-electron chi connectivity index (χ1n) is 5.66. The summed E-state index contributed by atoms with van der Waals surface area (Å²) in [6, 6.07) is 0.622. The lowest BCUT2D eigenvalue weighted by Gasteiger charge is -2.16. The Balaban J connectivity index is 2.78. The van der Waals surface area contributed by atoms with E-state index in [9.17, 15) is 9.59 Å². The van der Waals surface area contributed by atoms with Crippen molar-refractivity contribution in [3.8, 4) is 0 Å². The lowest BCUT2D eigenvalue weighted by Crippen LogP contribution is -2.42. The van der Waals surface area contributed by atoms with Crippen LogP contribution in [-0.4, -0.2) is 27.6 Å². The average Bonchev–Trinajstić information content (AvgIpc) is 2.56. The predicted octanol–water partition coefficient (Wildman–Crippen LogP) is 1.91. The molecule has 0 unspecified atom stereocenters. The van der Waals surface area contributed by atoms with Gasteiger partial charge in [0.15, 0.2) is 0 Å². The summed E-state index contributed by atoms with van der Waals surface area (Å²) in [5.41, 5.74) is 0.343. The van der Waals surface area contributed by atoms with Gasteiger partial charge in [0.1, 0.15) is 11.7 Å². The van der Waals surface area contributed by atoms with Crippen molar-refractivity contribution in [2.24, 2.45) is 13.0 Å². The van der Waals surface area contributed by atoms with Crippen LogP contribution in [0.15, 0.2) is 12.3 Å². The van der Waals surface area contributed by atoms with Crippen LogP contribution >= 0.6 is 11.6 Å². The van der Waals surface area contributed by atoms with Gasteiger partial charge in [-0.25, -0.2) is 4.79 Å². The lowest BCUT2D eigenvalue weighted by molar-refractivity contribution is -0.139. The number of carboxylic acid groups (broad SMARTS) is 1. The van der Waals surface area contributed by atoms with Gasteiger partial charge in [0.2, 0.25) is 0 Å². The minimum Gasteiger partial charge on any atom is -0.480 e. The van der Waals surface area contributed by atoms with Crippen LogP contribution in [0.25, 0.3) is 0 Å². The molecule has 100 valence electrons. The van der Waals surface area contributed by atoms with E-state index in [0.29, 0.717) is 17.1 Å². The highest BCUT2D eigenvalue weighted by Crippen LogP contribution is 2.13. The molecule has 1 heterocycles. The molecule has 0 spiro atoms. The Morgan fingerprint density at radius 3 is 2.50 bits per heavy atom. The summed E-state index contributed by atoms with van der Waals surface area (Å²) in [4.78, 5) is 23.0. The molecular weight excluding hydrogens is 256 g/mol. The van der Waals surface area contributed by atoms with Gasteiger partial charge in [-0.3, -0.25) is 4.79 Å². The van der Waals surface area contributed by atoms with Gasteiger partial charge in [0, 0.05) is 13.2 Å². The third kappa shape index (κ3) is 3.77. The molecule has 5 nitrogen and oxygen atoms in total. The Morgan fingerprint density at radius 1 is 1.50 bits per heavy atom. The molecule has 1 amide bonds. The van der Waals surface area contributed by atoms with Gasteiger partial charge in [0.25, 0.3) is 5.91 Å². The van der Waals surface area contributed by atoms with Crippen LogP contribution in [0, 0.1) is 5.92 Å². The molecule has 0 aromatic carbocycles. The quantitative estimate of drug-likeness (QED) is 0.860. The van der Waals surface area contributed by atoms with Crippen LogP contribution in [0.2, 0.25) is 5.02 Å². The van der Waals surface area contributed by atoms with Crippen molar-refractivity contribution in [1.82, 2.24) is 9.88 Å². The Kier molecular flexibility index (Phi) is 4.78. The zero-order valence-electron chi connectivity index (χ0n) is 10.6. The number of hydrogen-bond acceptors (Lipinski definition) is 2. The number of nitrogens with zero attached hydrogens (tertiary/aromatic N) is 1. The highest BCUT2D eigenvalue weighted by atomic mass is 35.5. The van der Waals surface area contributed by atoms with E-state index in [-0.39, 0.29) is 5.92 Å². The maximum absolute atomic E-state index is 11.9.